The molecule has 138 valence electrons. The van der Waals surface area contributed by atoms with Crippen LogP contribution < -0.4 is 14.8 Å². The smallest absolute Gasteiger partial charge is 0.252 e. The summed E-state index contributed by atoms with van der Waals surface area (Å²) < 4.78 is 15.9. The molecule has 6 nitrogen and oxygen atoms in total. The summed E-state index contributed by atoms with van der Waals surface area (Å²) >= 11 is 1.55. The number of rotatable bonds is 6. The van der Waals surface area contributed by atoms with Gasteiger partial charge in [0.25, 0.3) is 5.91 Å². The fraction of sp³-hybridized carbons (Fsp3) is 0.200. The van der Waals surface area contributed by atoms with E-state index in [0.717, 1.165) is 27.7 Å². The summed E-state index contributed by atoms with van der Waals surface area (Å²) in [6.45, 7) is 2.53. The van der Waals surface area contributed by atoms with Crippen molar-refractivity contribution in [2.75, 3.05) is 6.79 Å². The van der Waals surface area contributed by atoms with Crippen molar-refractivity contribution in [3.05, 3.63) is 71.1 Å². The van der Waals surface area contributed by atoms with Crippen LogP contribution in [0.1, 0.15) is 27.4 Å². The summed E-state index contributed by atoms with van der Waals surface area (Å²) in [4.78, 5) is 13.6. The number of nitrogens with zero attached hydrogens (tertiary/aromatic N) is 1. The number of carbonyl (C=O) groups excluding carboxylic acids is 1. The Labute approximate surface area is 160 Å². The van der Waals surface area contributed by atoms with Crippen LogP contribution in [0.15, 0.2) is 57.9 Å². The van der Waals surface area contributed by atoms with Gasteiger partial charge in [0, 0.05) is 17.5 Å². The topological polar surface area (TPSA) is 73.6 Å². The third kappa shape index (κ3) is 4.09. The lowest BCUT2D eigenvalue weighted by Crippen LogP contribution is -2.23. The highest BCUT2D eigenvalue weighted by Gasteiger charge is 2.15. The SMILES string of the molecule is Cc1cc(CSc2ccccc2C(=O)NCc2ccc3c(c2)OCO3)on1. The van der Waals surface area contributed by atoms with Crippen molar-refractivity contribution in [3.63, 3.8) is 0 Å². The van der Waals surface area contributed by atoms with Gasteiger partial charge in [-0.05, 0) is 36.8 Å². The van der Waals surface area contributed by atoms with Crippen LogP contribution in [0.25, 0.3) is 0 Å². The molecule has 0 bridgehead atoms. The third-order valence-electron chi connectivity index (χ3n) is 4.07. The van der Waals surface area contributed by atoms with Gasteiger partial charge in [0.15, 0.2) is 11.5 Å². The lowest BCUT2D eigenvalue weighted by atomic mass is 10.1. The van der Waals surface area contributed by atoms with E-state index in [1.165, 1.54) is 0 Å². The predicted octanol–water partition coefficient (Wildman–Crippen LogP) is 3.93. The maximum Gasteiger partial charge on any atom is 0.252 e. The Bertz CT molecular complexity index is 970. The number of benzene rings is 2. The molecule has 0 spiro atoms. The number of thioether (sulfide) groups is 1. The van der Waals surface area contributed by atoms with Gasteiger partial charge < -0.3 is 19.3 Å². The van der Waals surface area contributed by atoms with E-state index in [1.807, 2.05) is 55.5 Å². The van der Waals surface area contributed by atoms with Gasteiger partial charge >= 0.3 is 0 Å². The van der Waals surface area contributed by atoms with Crippen LogP contribution in [0.3, 0.4) is 0 Å². The van der Waals surface area contributed by atoms with Gasteiger partial charge in [-0.2, -0.15) is 0 Å². The first-order chi connectivity index (χ1) is 13.2. The molecule has 1 N–H and O–H groups in total. The maximum atomic E-state index is 12.7. The molecule has 7 heteroatoms. The van der Waals surface area contributed by atoms with Crippen molar-refractivity contribution in [3.8, 4) is 11.5 Å². The molecular weight excluding hydrogens is 364 g/mol. The second-order valence-electron chi connectivity index (χ2n) is 6.09. The number of aryl methyl sites for hydroxylation is 1. The first kappa shape index (κ1) is 17.5. The van der Waals surface area contributed by atoms with Gasteiger partial charge in [0.2, 0.25) is 6.79 Å². The molecule has 27 heavy (non-hydrogen) atoms. The molecule has 0 unspecified atom stereocenters. The van der Waals surface area contributed by atoms with Crippen LogP contribution in [-0.4, -0.2) is 17.9 Å². The quantitative estimate of drug-likeness (QED) is 0.651. The van der Waals surface area contributed by atoms with E-state index in [4.69, 9.17) is 14.0 Å². The van der Waals surface area contributed by atoms with Crippen molar-refractivity contribution in [1.82, 2.24) is 10.5 Å². The van der Waals surface area contributed by atoms with E-state index < -0.39 is 0 Å². The summed E-state index contributed by atoms with van der Waals surface area (Å²) in [5.74, 6) is 2.72. The second-order valence-corrected chi connectivity index (χ2v) is 7.11. The zero-order chi connectivity index (χ0) is 18.6. The van der Waals surface area contributed by atoms with E-state index in [2.05, 4.69) is 10.5 Å². The molecule has 1 aliphatic heterocycles. The Morgan fingerprint density at radius 1 is 1.15 bits per heavy atom. The van der Waals surface area contributed by atoms with Crippen LogP contribution >= 0.6 is 11.8 Å². The number of aromatic nitrogens is 1. The summed E-state index contributed by atoms with van der Waals surface area (Å²) in [6.07, 6.45) is 0. The normalized spacial score (nSPS) is 12.2. The van der Waals surface area contributed by atoms with Crippen molar-refractivity contribution < 1.29 is 18.8 Å². The lowest BCUT2D eigenvalue weighted by Gasteiger charge is -2.10. The molecule has 2 heterocycles. The number of ether oxygens (including phenoxy) is 2. The summed E-state index contributed by atoms with van der Waals surface area (Å²) in [6, 6.07) is 15.1. The average molecular weight is 382 g/mol. The fourth-order valence-corrected chi connectivity index (χ4v) is 3.67. The average Bonchev–Trinajstić information content (AvgIpc) is 3.32. The Morgan fingerprint density at radius 2 is 2.00 bits per heavy atom. The molecule has 0 fully saturated rings. The Morgan fingerprint density at radius 3 is 2.85 bits per heavy atom. The molecule has 0 saturated heterocycles. The third-order valence-corrected chi connectivity index (χ3v) is 5.16. The van der Waals surface area contributed by atoms with E-state index >= 15 is 0 Å². The molecule has 0 aliphatic carbocycles. The van der Waals surface area contributed by atoms with Crippen molar-refractivity contribution in [2.24, 2.45) is 0 Å². The zero-order valence-corrected chi connectivity index (χ0v) is 15.5. The molecule has 1 aliphatic rings. The number of fused-ring (bicyclic) bond motifs is 1. The van der Waals surface area contributed by atoms with E-state index in [9.17, 15) is 4.79 Å². The molecule has 1 aromatic heterocycles. The van der Waals surface area contributed by atoms with Crippen molar-refractivity contribution in [1.29, 1.82) is 0 Å². The summed E-state index contributed by atoms with van der Waals surface area (Å²) in [5, 5.41) is 6.85. The van der Waals surface area contributed by atoms with Crippen LogP contribution in [0.5, 0.6) is 11.5 Å². The van der Waals surface area contributed by atoms with Crippen LogP contribution in [0.2, 0.25) is 0 Å². The largest absolute Gasteiger partial charge is 0.454 e. The maximum absolute atomic E-state index is 12.7. The first-order valence-corrected chi connectivity index (χ1v) is 9.48. The van der Waals surface area contributed by atoms with E-state index in [0.29, 0.717) is 23.6 Å². The number of nitrogens with one attached hydrogen (secondary N) is 1. The van der Waals surface area contributed by atoms with Crippen molar-refractivity contribution in [2.45, 2.75) is 24.1 Å². The Hall–Kier alpha value is -2.93. The zero-order valence-electron chi connectivity index (χ0n) is 14.7. The van der Waals surface area contributed by atoms with E-state index in [1.54, 1.807) is 11.8 Å². The fourth-order valence-electron chi connectivity index (χ4n) is 2.74. The van der Waals surface area contributed by atoms with Gasteiger partial charge in [-0.3, -0.25) is 4.79 Å². The minimum Gasteiger partial charge on any atom is -0.454 e. The first-order valence-electron chi connectivity index (χ1n) is 8.50. The Balaban J connectivity index is 1.41. The van der Waals surface area contributed by atoms with Crippen LogP contribution in [0, 0.1) is 6.92 Å². The van der Waals surface area contributed by atoms with Crippen LogP contribution in [0.4, 0.5) is 0 Å². The number of amides is 1. The van der Waals surface area contributed by atoms with Gasteiger partial charge in [-0.15, -0.1) is 11.8 Å². The summed E-state index contributed by atoms with van der Waals surface area (Å²) in [5.41, 5.74) is 2.44. The van der Waals surface area contributed by atoms with Crippen LogP contribution in [-0.2, 0) is 12.3 Å². The monoisotopic (exact) mass is 382 g/mol. The van der Waals surface area contributed by atoms with Gasteiger partial charge in [0.05, 0.1) is 17.0 Å². The predicted molar refractivity (Wildman–Crippen MR) is 101 cm³/mol. The highest BCUT2D eigenvalue weighted by molar-refractivity contribution is 7.98. The summed E-state index contributed by atoms with van der Waals surface area (Å²) in [7, 11) is 0. The molecule has 1 amide bonds. The van der Waals surface area contributed by atoms with Gasteiger partial charge in [-0.25, -0.2) is 0 Å². The molecule has 0 atom stereocenters. The van der Waals surface area contributed by atoms with Gasteiger partial charge in [-0.1, -0.05) is 23.4 Å². The minimum atomic E-state index is -0.121. The number of hydrogen-bond donors (Lipinski definition) is 1. The highest BCUT2D eigenvalue weighted by atomic mass is 32.2. The number of carbonyl (C=O) groups is 1. The standard InChI is InChI=1S/C20H18N2O4S/c1-13-8-15(26-22-13)11-27-19-5-3-2-4-16(19)20(23)21-10-14-6-7-17-18(9-14)25-12-24-17/h2-9H,10-12H2,1H3,(H,21,23). The molecule has 0 radical (unpaired) electrons. The molecular formula is C20H18N2O4S. The minimum absolute atomic E-state index is 0.121. The Kier molecular flexibility index (Phi) is 5.02. The highest BCUT2D eigenvalue weighted by Crippen LogP contribution is 2.32. The molecule has 4 rings (SSSR count). The second kappa shape index (κ2) is 7.75. The number of hydrogen-bond acceptors (Lipinski definition) is 6. The lowest BCUT2D eigenvalue weighted by molar-refractivity contribution is 0.0948. The van der Waals surface area contributed by atoms with E-state index in [-0.39, 0.29) is 12.7 Å². The molecule has 0 saturated carbocycles. The molecule has 3 aromatic rings. The van der Waals surface area contributed by atoms with Gasteiger partial charge in [0.1, 0.15) is 5.76 Å². The van der Waals surface area contributed by atoms with Crippen molar-refractivity contribution >= 4 is 17.7 Å². The molecule has 2 aromatic carbocycles.